The number of hydrogen-bond acceptors (Lipinski definition) is 6. The van der Waals surface area contributed by atoms with Crippen molar-refractivity contribution >= 4 is 26.1 Å². The zero-order valence-electron chi connectivity index (χ0n) is 18.7. The maximum atomic E-state index is 14.0. The predicted octanol–water partition coefficient (Wildman–Crippen LogP) is 5.35. The van der Waals surface area contributed by atoms with Gasteiger partial charge in [-0.3, -0.25) is 4.79 Å². The van der Waals surface area contributed by atoms with Crippen LogP contribution in [0.3, 0.4) is 0 Å². The molecular weight excluding hydrogens is 452 g/mol. The molecule has 174 valence electrons. The number of allylic oxidation sites excluding steroid dienone is 3. The molecule has 0 fully saturated rings. The Morgan fingerprint density at radius 1 is 0.971 bits per heavy atom. The van der Waals surface area contributed by atoms with Gasteiger partial charge < -0.3 is 13.9 Å². The Labute approximate surface area is 198 Å². The molecule has 7 heteroatoms. The lowest BCUT2D eigenvalue weighted by Gasteiger charge is -2.23. The number of carbonyl (C=O) groups is 1. The van der Waals surface area contributed by atoms with Crippen LogP contribution in [0, 0.1) is 0 Å². The average Bonchev–Trinajstić information content (AvgIpc) is 3.44. The summed E-state index contributed by atoms with van der Waals surface area (Å²) in [7, 11) is -2.46. The van der Waals surface area contributed by atoms with Gasteiger partial charge in [0.05, 0.1) is 17.3 Å². The lowest BCUT2D eigenvalue weighted by atomic mass is 9.91. The van der Waals surface area contributed by atoms with E-state index >= 15 is 0 Å². The summed E-state index contributed by atoms with van der Waals surface area (Å²) in [6.07, 6.45) is 2.06. The highest BCUT2D eigenvalue weighted by molar-refractivity contribution is 8.00. The number of Topliss-reactive ketones (excluding diaryl/α,β-unsaturated/α-hetero) is 1. The molecule has 0 saturated heterocycles. The van der Waals surface area contributed by atoms with Crippen LogP contribution in [0.1, 0.15) is 42.3 Å². The van der Waals surface area contributed by atoms with E-state index in [2.05, 4.69) is 0 Å². The Bertz CT molecular complexity index is 1380. The van der Waals surface area contributed by atoms with Crippen LogP contribution >= 0.6 is 0 Å². The minimum absolute atomic E-state index is 0.00466. The third kappa shape index (κ3) is 3.86. The number of methoxy groups -OCH3 is 1. The van der Waals surface area contributed by atoms with Gasteiger partial charge in [0.1, 0.15) is 11.7 Å². The summed E-state index contributed by atoms with van der Waals surface area (Å²) in [5.74, 6) is 0.126. The molecule has 34 heavy (non-hydrogen) atoms. The van der Waals surface area contributed by atoms with E-state index < -0.39 is 15.9 Å². The van der Waals surface area contributed by atoms with Crippen LogP contribution in [-0.2, 0) is 24.1 Å². The monoisotopic (exact) mass is 476 g/mol. The van der Waals surface area contributed by atoms with Crippen LogP contribution < -0.4 is 0 Å². The summed E-state index contributed by atoms with van der Waals surface area (Å²) in [6, 6.07) is 19.4. The molecule has 5 rings (SSSR count). The van der Waals surface area contributed by atoms with Gasteiger partial charge in [-0.2, -0.15) is 0 Å². The smallest absolute Gasteiger partial charge is 0.210 e. The Morgan fingerprint density at radius 2 is 1.68 bits per heavy atom. The minimum Gasteiger partial charge on any atom is -0.463 e. The van der Waals surface area contributed by atoms with Crippen LogP contribution in [0.15, 0.2) is 93.5 Å². The molecule has 1 heterocycles. The summed E-state index contributed by atoms with van der Waals surface area (Å²) in [5, 5.41) is 0. The summed E-state index contributed by atoms with van der Waals surface area (Å²) >= 11 is 0. The standard InChI is InChI=1S/C27H24O6S/c1-31-17-33-24-13-12-20-22(16-23(28)25(20)18-8-4-2-5-9-18)27(26-21(24)14-15-32-26)34(29,30)19-10-6-3-7-11-19/h2-11,14-15,24H,12-13,16-17H2,1H3/b27-22+. The van der Waals surface area contributed by atoms with E-state index in [-0.39, 0.29) is 34.6 Å². The zero-order chi connectivity index (χ0) is 23.7. The fraction of sp³-hybridized carbons (Fsp3) is 0.222. The van der Waals surface area contributed by atoms with Crippen molar-refractivity contribution < 1.29 is 27.1 Å². The fourth-order valence-corrected chi connectivity index (χ4v) is 6.44. The minimum atomic E-state index is -4.00. The third-order valence-electron chi connectivity index (χ3n) is 6.23. The van der Waals surface area contributed by atoms with Gasteiger partial charge in [-0.15, -0.1) is 0 Å². The van der Waals surface area contributed by atoms with Crippen LogP contribution in [0.4, 0.5) is 0 Å². The van der Waals surface area contributed by atoms with Gasteiger partial charge in [0, 0.05) is 24.7 Å². The van der Waals surface area contributed by atoms with Crippen molar-refractivity contribution in [1.29, 1.82) is 0 Å². The molecule has 1 aromatic heterocycles. The molecule has 1 unspecified atom stereocenters. The van der Waals surface area contributed by atoms with E-state index in [1.54, 1.807) is 36.4 Å². The second-order valence-electron chi connectivity index (χ2n) is 8.25. The first-order valence-corrected chi connectivity index (χ1v) is 12.5. The van der Waals surface area contributed by atoms with Crippen molar-refractivity contribution in [3.63, 3.8) is 0 Å². The molecule has 0 bridgehead atoms. The molecule has 0 amide bonds. The topological polar surface area (TPSA) is 82.8 Å². The number of benzene rings is 2. The van der Waals surface area contributed by atoms with E-state index in [0.29, 0.717) is 29.6 Å². The van der Waals surface area contributed by atoms with Crippen molar-refractivity contribution in [2.45, 2.75) is 30.3 Å². The molecule has 0 aliphatic heterocycles. The molecule has 3 aromatic rings. The molecule has 1 atom stereocenters. The van der Waals surface area contributed by atoms with Gasteiger partial charge in [0.15, 0.2) is 11.5 Å². The van der Waals surface area contributed by atoms with Crippen LogP contribution in [0.5, 0.6) is 0 Å². The van der Waals surface area contributed by atoms with Crippen LogP contribution in [0.25, 0.3) is 10.5 Å². The van der Waals surface area contributed by atoms with Gasteiger partial charge in [-0.1, -0.05) is 48.5 Å². The molecule has 2 aliphatic rings. The predicted molar refractivity (Wildman–Crippen MR) is 127 cm³/mol. The zero-order valence-corrected chi connectivity index (χ0v) is 19.5. The number of ketones is 1. The molecule has 6 nitrogen and oxygen atoms in total. The average molecular weight is 477 g/mol. The third-order valence-corrected chi connectivity index (χ3v) is 8.10. The van der Waals surface area contributed by atoms with E-state index in [9.17, 15) is 13.2 Å². The molecule has 0 saturated carbocycles. The summed E-state index contributed by atoms with van der Waals surface area (Å²) < 4.78 is 44.9. The van der Waals surface area contributed by atoms with E-state index in [1.807, 2.05) is 30.3 Å². The van der Waals surface area contributed by atoms with Crippen molar-refractivity contribution in [3.8, 4) is 0 Å². The highest BCUT2D eigenvalue weighted by Crippen LogP contribution is 2.49. The fourth-order valence-electron chi connectivity index (χ4n) is 4.76. The summed E-state index contributed by atoms with van der Waals surface area (Å²) in [6.45, 7) is 0.0517. The summed E-state index contributed by atoms with van der Waals surface area (Å²) in [5.41, 5.74) is 3.23. The van der Waals surface area contributed by atoms with E-state index in [1.165, 1.54) is 13.4 Å². The number of ether oxygens (including phenoxy) is 2. The highest BCUT2D eigenvalue weighted by Gasteiger charge is 2.40. The molecule has 2 aromatic carbocycles. The normalized spacial score (nSPS) is 20.6. The molecular formula is C27H24O6S. The van der Waals surface area contributed by atoms with Gasteiger partial charge in [-0.05, 0) is 47.8 Å². The van der Waals surface area contributed by atoms with Crippen molar-refractivity contribution in [3.05, 3.63) is 101 Å². The van der Waals surface area contributed by atoms with E-state index in [0.717, 1.165) is 11.1 Å². The van der Waals surface area contributed by atoms with Gasteiger partial charge in [-0.25, -0.2) is 8.42 Å². The molecule has 0 spiro atoms. The maximum absolute atomic E-state index is 14.0. The molecule has 0 radical (unpaired) electrons. The lowest BCUT2D eigenvalue weighted by Crippen LogP contribution is -2.15. The lowest BCUT2D eigenvalue weighted by molar-refractivity contribution is -0.112. The first-order valence-electron chi connectivity index (χ1n) is 11.1. The number of rotatable bonds is 6. The first kappa shape index (κ1) is 22.5. The number of sulfone groups is 1. The highest BCUT2D eigenvalue weighted by atomic mass is 32.2. The largest absolute Gasteiger partial charge is 0.463 e. The Kier molecular flexibility index (Phi) is 6.08. The SMILES string of the molecule is COCOC1CCC2=C(c3ccccc3)C(=O)C/C2=C(\S(=O)(=O)c2ccccc2)c2occc21. The van der Waals surface area contributed by atoms with Crippen LogP contribution in [-0.4, -0.2) is 28.1 Å². The number of hydrogen-bond donors (Lipinski definition) is 0. The Hall–Kier alpha value is -3.26. The molecule has 0 N–H and O–H groups in total. The first-order chi connectivity index (χ1) is 16.5. The van der Waals surface area contributed by atoms with Crippen molar-refractivity contribution in [2.24, 2.45) is 0 Å². The number of carbonyl (C=O) groups excluding carboxylic acids is 1. The second-order valence-corrected chi connectivity index (χ2v) is 10.1. The van der Waals surface area contributed by atoms with Gasteiger partial charge in [0.25, 0.3) is 0 Å². The van der Waals surface area contributed by atoms with E-state index in [4.69, 9.17) is 13.9 Å². The van der Waals surface area contributed by atoms with Crippen molar-refractivity contribution in [2.75, 3.05) is 13.9 Å². The molecule has 2 aliphatic carbocycles. The Morgan fingerprint density at radius 3 is 2.38 bits per heavy atom. The van der Waals surface area contributed by atoms with Crippen molar-refractivity contribution in [1.82, 2.24) is 0 Å². The Balaban J connectivity index is 1.81. The quantitative estimate of drug-likeness (QED) is 0.446. The van der Waals surface area contributed by atoms with Crippen LogP contribution in [0.2, 0.25) is 0 Å². The summed E-state index contributed by atoms with van der Waals surface area (Å²) in [4.78, 5) is 13.5. The van der Waals surface area contributed by atoms with Gasteiger partial charge in [0.2, 0.25) is 9.84 Å². The van der Waals surface area contributed by atoms with Gasteiger partial charge >= 0.3 is 0 Å². The maximum Gasteiger partial charge on any atom is 0.210 e. The number of fused-ring (bicyclic) bond motifs is 2. The second kappa shape index (κ2) is 9.18. The number of furan rings is 1.